The summed E-state index contributed by atoms with van der Waals surface area (Å²) in [6.07, 6.45) is 0. The van der Waals surface area contributed by atoms with Gasteiger partial charge in [-0.2, -0.15) is 0 Å². The number of anilines is 1. The van der Waals surface area contributed by atoms with Crippen LogP contribution in [0.3, 0.4) is 0 Å². The van der Waals surface area contributed by atoms with Gasteiger partial charge in [0.25, 0.3) is 0 Å². The Morgan fingerprint density at radius 2 is 1.75 bits per heavy atom. The van der Waals surface area contributed by atoms with E-state index < -0.39 is 0 Å². The molecule has 0 unspecified atom stereocenters. The van der Waals surface area contributed by atoms with Gasteiger partial charge in [0.1, 0.15) is 5.75 Å². The molecule has 0 aromatic heterocycles. The Hall–Kier alpha value is -1.61. The van der Waals surface area contributed by atoms with Gasteiger partial charge < -0.3 is 10.5 Å². The van der Waals surface area contributed by atoms with Crippen molar-refractivity contribution in [1.82, 2.24) is 0 Å². The van der Waals surface area contributed by atoms with Crippen molar-refractivity contribution < 1.29 is 4.74 Å². The van der Waals surface area contributed by atoms with Gasteiger partial charge in [0.05, 0.1) is 6.61 Å². The molecule has 0 saturated carbocycles. The molecule has 0 aliphatic rings. The highest BCUT2D eigenvalue weighted by Gasteiger charge is 2.06. The zero-order chi connectivity index (χ0) is 14.4. The third-order valence-electron chi connectivity index (χ3n) is 3.03. The van der Waals surface area contributed by atoms with Gasteiger partial charge in [0.2, 0.25) is 0 Å². The van der Waals surface area contributed by atoms with Crippen LogP contribution in [0.2, 0.25) is 0 Å². The summed E-state index contributed by atoms with van der Waals surface area (Å²) in [4.78, 5) is 1.22. The molecule has 0 aliphatic heterocycles. The minimum Gasteiger partial charge on any atom is -0.492 e. The van der Waals surface area contributed by atoms with Crippen LogP contribution in [0.4, 0.5) is 5.69 Å². The Labute approximate surface area is 125 Å². The van der Waals surface area contributed by atoms with Crippen molar-refractivity contribution in [2.24, 2.45) is 0 Å². The Bertz CT molecular complexity index is 537. The van der Waals surface area contributed by atoms with Gasteiger partial charge in [0.15, 0.2) is 0 Å². The molecule has 0 aliphatic carbocycles. The average Bonchev–Trinajstić information content (AvgIpc) is 2.46. The van der Waals surface area contributed by atoms with Crippen molar-refractivity contribution in [2.75, 3.05) is 18.1 Å². The molecule has 0 bridgehead atoms. The van der Waals surface area contributed by atoms with Gasteiger partial charge in [-0.05, 0) is 41.8 Å². The molecule has 2 aromatic carbocycles. The smallest absolute Gasteiger partial charge is 0.122 e. The lowest BCUT2D eigenvalue weighted by atomic mass is 10.0. The van der Waals surface area contributed by atoms with Gasteiger partial charge in [-0.15, -0.1) is 11.8 Å². The van der Waals surface area contributed by atoms with Crippen LogP contribution in [0.1, 0.15) is 25.3 Å². The highest BCUT2D eigenvalue weighted by molar-refractivity contribution is 7.99. The fourth-order valence-electron chi connectivity index (χ4n) is 1.96. The second kappa shape index (κ2) is 7.25. The number of thioether (sulfide) groups is 1. The minimum atomic E-state index is 0.482. The zero-order valence-electron chi connectivity index (χ0n) is 12.0. The number of hydrogen-bond acceptors (Lipinski definition) is 3. The van der Waals surface area contributed by atoms with E-state index in [-0.39, 0.29) is 0 Å². The van der Waals surface area contributed by atoms with Crippen LogP contribution < -0.4 is 10.5 Å². The first kappa shape index (κ1) is 14.8. The number of rotatable bonds is 6. The largest absolute Gasteiger partial charge is 0.492 e. The summed E-state index contributed by atoms with van der Waals surface area (Å²) in [6, 6.07) is 16.2. The number of hydrogen-bond donors (Lipinski definition) is 1. The highest BCUT2D eigenvalue weighted by Crippen LogP contribution is 2.26. The Morgan fingerprint density at radius 3 is 2.45 bits per heavy atom. The van der Waals surface area contributed by atoms with E-state index in [2.05, 4.69) is 26.0 Å². The third kappa shape index (κ3) is 4.20. The summed E-state index contributed by atoms with van der Waals surface area (Å²) < 4.78 is 5.90. The Morgan fingerprint density at radius 1 is 1.05 bits per heavy atom. The number of para-hydroxylation sites is 1. The second-order valence-electron chi connectivity index (χ2n) is 4.96. The average molecular weight is 287 g/mol. The van der Waals surface area contributed by atoms with Crippen LogP contribution in [0.15, 0.2) is 53.4 Å². The minimum absolute atomic E-state index is 0.482. The predicted molar refractivity (Wildman–Crippen MR) is 87.6 cm³/mol. The molecule has 2 aromatic rings. The summed E-state index contributed by atoms with van der Waals surface area (Å²) in [5.74, 6) is 2.41. The first-order chi connectivity index (χ1) is 9.66. The molecule has 2 nitrogen and oxygen atoms in total. The molecule has 2 N–H and O–H groups in total. The zero-order valence-corrected chi connectivity index (χ0v) is 12.8. The van der Waals surface area contributed by atoms with E-state index in [4.69, 9.17) is 10.5 Å². The summed E-state index contributed by atoms with van der Waals surface area (Å²) in [5.41, 5.74) is 7.74. The standard InChI is InChI=1S/C17H21NOS/c1-13(2)16-5-3-4-6-17(16)19-11-12-20-15-9-7-14(18)8-10-15/h3-10,13H,11-12,18H2,1-2H3. The van der Waals surface area contributed by atoms with Crippen LogP contribution in [-0.4, -0.2) is 12.4 Å². The topological polar surface area (TPSA) is 35.2 Å². The van der Waals surface area contributed by atoms with E-state index in [1.54, 1.807) is 11.8 Å². The highest BCUT2D eigenvalue weighted by atomic mass is 32.2. The molecule has 2 rings (SSSR count). The fraction of sp³-hybridized carbons (Fsp3) is 0.294. The fourth-order valence-corrected chi connectivity index (χ4v) is 2.70. The van der Waals surface area contributed by atoms with Gasteiger partial charge >= 0.3 is 0 Å². The third-order valence-corrected chi connectivity index (χ3v) is 4.01. The van der Waals surface area contributed by atoms with Crippen LogP contribution in [-0.2, 0) is 0 Å². The van der Waals surface area contributed by atoms with E-state index in [0.29, 0.717) is 12.5 Å². The number of nitrogens with two attached hydrogens (primary N) is 1. The molecule has 0 saturated heterocycles. The predicted octanol–water partition coefficient (Wildman–Crippen LogP) is 4.56. The van der Waals surface area contributed by atoms with Gasteiger partial charge in [-0.3, -0.25) is 0 Å². The summed E-state index contributed by atoms with van der Waals surface area (Å²) in [7, 11) is 0. The van der Waals surface area contributed by atoms with Gasteiger partial charge in [0, 0.05) is 16.3 Å². The molecule has 0 heterocycles. The van der Waals surface area contributed by atoms with E-state index in [9.17, 15) is 0 Å². The van der Waals surface area contributed by atoms with Crippen molar-refractivity contribution >= 4 is 17.4 Å². The van der Waals surface area contributed by atoms with Crippen LogP contribution in [0.5, 0.6) is 5.75 Å². The molecule has 0 fully saturated rings. The van der Waals surface area contributed by atoms with Gasteiger partial charge in [-0.1, -0.05) is 32.0 Å². The molecule has 106 valence electrons. The maximum atomic E-state index is 5.90. The number of benzene rings is 2. The summed E-state index contributed by atoms with van der Waals surface area (Å²) in [6.45, 7) is 5.08. The Balaban J connectivity index is 1.83. The van der Waals surface area contributed by atoms with E-state index in [1.807, 2.05) is 36.4 Å². The molecule has 0 amide bonds. The van der Waals surface area contributed by atoms with Crippen molar-refractivity contribution in [3.05, 3.63) is 54.1 Å². The SMILES string of the molecule is CC(C)c1ccccc1OCCSc1ccc(N)cc1. The lowest BCUT2D eigenvalue weighted by Crippen LogP contribution is -2.03. The molecule has 0 spiro atoms. The first-order valence-electron chi connectivity index (χ1n) is 6.87. The maximum Gasteiger partial charge on any atom is 0.122 e. The molecule has 20 heavy (non-hydrogen) atoms. The molecular formula is C17H21NOS. The number of ether oxygens (including phenoxy) is 1. The molecule has 0 atom stereocenters. The lowest BCUT2D eigenvalue weighted by Gasteiger charge is -2.13. The first-order valence-corrected chi connectivity index (χ1v) is 7.85. The summed E-state index contributed by atoms with van der Waals surface area (Å²) in [5, 5.41) is 0. The van der Waals surface area contributed by atoms with Crippen molar-refractivity contribution in [2.45, 2.75) is 24.7 Å². The van der Waals surface area contributed by atoms with Crippen LogP contribution in [0.25, 0.3) is 0 Å². The Kier molecular flexibility index (Phi) is 5.36. The van der Waals surface area contributed by atoms with Crippen LogP contribution in [0, 0.1) is 0 Å². The van der Waals surface area contributed by atoms with Crippen molar-refractivity contribution in [1.29, 1.82) is 0 Å². The van der Waals surface area contributed by atoms with Crippen LogP contribution >= 0.6 is 11.8 Å². The molecule has 3 heteroatoms. The molecule has 0 radical (unpaired) electrons. The van der Waals surface area contributed by atoms with Crippen molar-refractivity contribution in [3.8, 4) is 5.75 Å². The summed E-state index contributed by atoms with van der Waals surface area (Å²) >= 11 is 1.78. The normalized spacial score (nSPS) is 10.8. The quantitative estimate of drug-likeness (QED) is 0.480. The van der Waals surface area contributed by atoms with Gasteiger partial charge in [-0.25, -0.2) is 0 Å². The molecular weight excluding hydrogens is 266 g/mol. The van der Waals surface area contributed by atoms with E-state index >= 15 is 0 Å². The monoisotopic (exact) mass is 287 g/mol. The van der Waals surface area contributed by atoms with E-state index in [1.165, 1.54) is 10.5 Å². The van der Waals surface area contributed by atoms with E-state index in [0.717, 1.165) is 17.2 Å². The maximum absolute atomic E-state index is 5.90. The second-order valence-corrected chi connectivity index (χ2v) is 6.13. The number of nitrogen functional groups attached to an aromatic ring is 1. The van der Waals surface area contributed by atoms with Crippen molar-refractivity contribution in [3.63, 3.8) is 0 Å². The lowest BCUT2D eigenvalue weighted by molar-refractivity contribution is 0.339.